The average molecular weight is 455 g/mol. The molecule has 1 aliphatic carbocycles. The number of aldehydes is 1. The first-order chi connectivity index (χ1) is 16.2. The molecule has 8 nitrogen and oxygen atoms in total. The van der Waals surface area contributed by atoms with E-state index in [1.165, 1.54) is 23.3 Å². The first-order valence-corrected chi connectivity index (χ1v) is 11.9. The number of aromatic nitrogens is 3. The van der Waals surface area contributed by atoms with Crippen molar-refractivity contribution in [2.75, 3.05) is 46.1 Å². The number of hydrogen-bond acceptors (Lipinski definition) is 7. The molecule has 0 saturated carbocycles. The fourth-order valence-electron chi connectivity index (χ4n) is 4.40. The summed E-state index contributed by atoms with van der Waals surface area (Å²) in [6.07, 6.45) is 8.58. The molecular formula is C25H34N4O4. The minimum Gasteiger partial charge on any atom is -0.487 e. The second kappa shape index (κ2) is 11.4. The Hall–Kier alpha value is -2.71. The van der Waals surface area contributed by atoms with Crippen molar-refractivity contribution in [3.63, 3.8) is 0 Å². The van der Waals surface area contributed by atoms with Crippen LogP contribution in [0.4, 0.5) is 0 Å². The molecule has 2 aromatic heterocycles. The number of pyridine rings is 1. The van der Waals surface area contributed by atoms with Crippen LogP contribution in [0.25, 0.3) is 5.57 Å². The predicted molar refractivity (Wildman–Crippen MR) is 126 cm³/mol. The highest BCUT2D eigenvalue weighted by molar-refractivity contribution is 5.79. The maximum atomic E-state index is 11.7. The van der Waals surface area contributed by atoms with Gasteiger partial charge in [-0.25, -0.2) is 4.98 Å². The van der Waals surface area contributed by atoms with Gasteiger partial charge in [0, 0.05) is 37.9 Å². The lowest BCUT2D eigenvalue weighted by Gasteiger charge is -2.26. The number of rotatable bonds is 10. The van der Waals surface area contributed by atoms with Gasteiger partial charge in [0.25, 0.3) is 0 Å². The molecule has 1 fully saturated rings. The van der Waals surface area contributed by atoms with E-state index in [1.807, 2.05) is 6.20 Å². The van der Waals surface area contributed by atoms with Gasteiger partial charge in [-0.05, 0) is 56.7 Å². The number of allylic oxidation sites excluding steroid dienone is 1. The summed E-state index contributed by atoms with van der Waals surface area (Å²) in [6, 6.07) is 4.04. The second-order valence-electron chi connectivity index (χ2n) is 8.81. The predicted octanol–water partition coefficient (Wildman–Crippen LogP) is 3.79. The topological polar surface area (TPSA) is 78.7 Å². The van der Waals surface area contributed by atoms with E-state index in [4.69, 9.17) is 14.2 Å². The van der Waals surface area contributed by atoms with E-state index < -0.39 is 0 Å². The maximum absolute atomic E-state index is 11.7. The highest BCUT2D eigenvalue weighted by Crippen LogP contribution is 2.34. The van der Waals surface area contributed by atoms with Crippen molar-refractivity contribution in [1.82, 2.24) is 19.7 Å². The maximum Gasteiger partial charge on any atom is 0.214 e. The highest BCUT2D eigenvalue weighted by atomic mass is 16.5. The summed E-state index contributed by atoms with van der Waals surface area (Å²) in [4.78, 5) is 18.4. The van der Waals surface area contributed by atoms with Crippen LogP contribution in [0.2, 0.25) is 0 Å². The van der Waals surface area contributed by atoms with E-state index >= 15 is 0 Å². The highest BCUT2D eigenvalue weighted by Gasteiger charge is 2.20. The Kier molecular flexibility index (Phi) is 8.12. The van der Waals surface area contributed by atoms with Gasteiger partial charge in [0.1, 0.15) is 19.0 Å². The van der Waals surface area contributed by atoms with Gasteiger partial charge in [0.2, 0.25) is 5.88 Å². The summed E-state index contributed by atoms with van der Waals surface area (Å²) in [6.45, 7) is 9.41. The van der Waals surface area contributed by atoms with E-state index in [2.05, 4.69) is 39.6 Å². The van der Waals surface area contributed by atoms with Gasteiger partial charge in [-0.2, -0.15) is 5.10 Å². The van der Waals surface area contributed by atoms with Crippen LogP contribution in [0.1, 0.15) is 61.6 Å². The molecule has 0 aromatic carbocycles. The normalized spacial score (nSPS) is 17.4. The van der Waals surface area contributed by atoms with Crippen molar-refractivity contribution >= 4 is 11.9 Å². The van der Waals surface area contributed by atoms with Gasteiger partial charge in [0.15, 0.2) is 6.29 Å². The third kappa shape index (κ3) is 6.00. The molecule has 0 N–H and O–H groups in total. The van der Waals surface area contributed by atoms with Crippen molar-refractivity contribution in [3.8, 4) is 11.6 Å². The lowest BCUT2D eigenvalue weighted by atomic mass is 9.90. The molecule has 0 radical (unpaired) electrons. The lowest BCUT2D eigenvalue weighted by molar-refractivity contribution is 0.0320. The average Bonchev–Trinajstić information content (AvgIpc) is 3.34. The molecule has 0 amide bonds. The van der Waals surface area contributed by atoms with Crippen LogP contribution in [0, 0.1) is 0 Å². The van der Waals surface area contributed by atoms with Crippen molar-refractivity contribution in [2.45, 2.75) is 45.6 Å². The van der Waals surface area contributed by atoms with Crippen LogP contribution in [-0.4, -0.2) is 72.0 Å². The van der Waals surface area contributed by atoms with Crippen LogP contribution in [-0.2, 0) is 4.74 Å². The zero-order valence-corrected chi connectivity index (χ0v) is 19.7. The van der Waals surface area contributed by atoms with Crippen molar-refractivity contribution in [2.24, 2.45) is 0 Å². The summed E-state index contributed by atoms with van der Waals surface area (Å²) in [5.41, 5.74) is 4.21. The summed E-state index contributed by atoms with van der Waals surface area (Å²) in [5.74, 6) is 0.927. The van der Waals surface area contributed by atoms with E-state index in [9.17, 15) is 4.79 Å². The van der Waals surface area contributed by atoms with Crippen LogP contribution in [0.3, 0.4) is 0 Å². The van der Waals surface area contributed by atoms with Crippen LogP contribution < -0.4 is 9.47 Å². The molecule has 2 aromatic rings. The smallest absolute Gasteiger partial charge is 0.214 e. The zero-order chi connectivity index (χ0) is 23.0. The minimum absolute atomic E-state index is 0.299. The first-order valence-electron chi connectivity index (χ1n) is 11.9. The van der Waals surface area contributed by atoms with Gasteiger partial charge in [-0.15, -0.1) is 0 Å². The molecule has 4 rings (SSSR count). The molecule has 0 spiro atoms. The third-order valence-corrected chi connectivity index (χ3v) is 6.21. The number of morpholine rings is 1. The Morgan fingerprint density at radius 2 is 2.00 bits per heavy atom. The molecule has 33 heavy (non-hydrogen) atoms. The molecule has 8 heteroatoms. The Balaban J connectivity index is 1.40. The molecule has 3 heterocycles. The summed E-state index contributed by atoms with van der Waals surface area (Å²) in [5, 5.41) is 4.50. The van der Waals surface area contributed by atoms with Crippen molar-refractivity contribution in [3.05, 3.63) is 41.4 Å². The van der Waals surface area contributed by atoms with Crippen molar-refractivity contribution < 1.29 is 19.0 Å². The number of ether oxygens (including phenoxy) is 3. The van der Waals surface area contributed by atoms with E-state index in [0.29, 0.717) is 36.4 Å². The van der Waals surface area contributed by atoms with Crippen molar-refractivity contribution in [1.29, 1.82) is 0 Å². The summed E-state index contributed by atoms with van der Waals surface area (Å²) in [7, 11) is 0. The SMILES string of the molecule is CC(C)n1nccc1C1=C(COc2cnc(OCCN3CCOCC3)cc2C=O)CCCC1. The second-order valence-corrected chi connectivity index (χ2v) is 8.81. The Morgan fingerprint density at radius 1 is 1.18 bits per heavy atom. The van der Waals surface area contributed by atoms with E-state index in [1.54, 1.807) is 12.3 Å². The van der Waals surface area contributed by atoms with Gasteiger partial charge in [0.05, 0.1) is 30.7 Å². The fraction of sp³-hybridized carbons (Fsp3) is 0.560. The monoisotopic (exact) mass is 454 g/mol. The van der Waals surface area contributed by atoms with Gasteiger partial charge in [-0.1, -0.05) is 0 Å². The number of hydrogen-bond donors (Lipinski definition) is 0. The third-order valence-electron chi connectivity index (χ3n) is 6.21. The molecule has 1 saturated heterocycles. The molecule has 0 bridgehead atoms. The molecule has 2 aliphatic rings. The van der Waals surface area contributed by atoms with E-state index in [0.717, 1.165) is 58.4 Å². The quantitative estimate of drug-likeness (QED) is 0.506. The number of nitrogens with zero attached hydrogens (tertiary/aromatic N) is 4. The largest absolute Gasteiger partial charge is 0.487 e. The Labute approximate surface area is 195 Å². The van der Waals surface area contributed by atoms with Gasteiger partial charge in [-0.3, -0.25) is 14.4 Å². The first kappa shape index (κ1) is 23.4. The summed E-state index contributed by atoms with van der Waals surface area (Å²) >= 11 is 0. The number of carbonyl (C=O) groups is 1. The molecule has 1 aliphatic heterocycles. The Bertz CT molecular complexity index is 963. The van der Waals surface area contributed by atoms with E-state index in [-0.39, 0.29) is 0 Å². The van der Waals surface area contributed by atoms with Crippen LogP contribution in [0.5, 0.6) is 11.6 Å². The zero-order valence-electron chi connectivity index (χ0n) is 19.7. The minimum atomic E-state index is 0.299. The molecular weight excluding hydrogens is 420 g/mol. The molecule has 0 unspecified atom stereocenters. The lowest BCUT2D eigenvalue weighted by Crippen LogP contribution is -2.38. The molecule has 0 atom stereocenters. The molecule has 178 valence electrons. The summed E-state index contributed by atoms with van der Waals surface area (Å²) < 4.78 is 19.3. The Morgan fingerprint density at radius 3 is 2.79 bits per heavy atom. The fourth-order valence-corrected chi connectivity index (χ4v) is 4.40. The van der Waals surface area contributed by atoms with Crippen LogP contribution >= 0.6 is 0 Å². The van der Waals surface area contributed by atoms with Crippen LogP contribution in [0.15, 0.2) is 30.1 Å². The number of carbonyl (C=O) groups excluding carboxylic acids is 1. The van der Waals surface area contributed by atoms with Gasteiger partial charge >= 0.3 is 0 Å². The standard InChI is InChI=1S/C25H34N4O4/c1-19(2)29-23(7-8-27-29)22-6-4-3-5-20(22)18-33-24-16-26-25(15-21(24)17-30)32-14-11-28-9-12-31-13-10-28/h7-8,15-17,19H,3-6,9-14,18H2,1-2H3. The van der Waals surface area contributed by atoms with Gasteiger partial charge < -0.3 is 14.2 Å².